The molecule has 1 aliphatic rings. The van der Waals surface area contributed by atoms with E-state index in [1.54, 1.807) is 0 Å². The molecule has 0 bridgehead atoms. The molecule has 0 aromatic heterocycles. The van der Waals surface area contributed by atoms with Gasteiger partial charge in [-0.25, -0.2) is 0 Å². The Morgan fingerprint density at radius 1 is 1.46 bits per heavy atom. The molecule has 1 unspecified atom stereocenters. The Balaban J connectivity index is 2.10. The van der Waals surface area contributed by atoms with Gasteiger partial charge in [0.25, 0.3) is 0 Å². The van der Waals surface area contributed by atoms with Crippen LogP contribution in [-0.4, -0.2) is 63.7 Å². The van der Waals surface area contributed by atoms with Gasteiger partial charge in [0, 0.05) is 19.6 Å². The largest absolute Gasteiger partial charge is 0.319 e. The fourth-order valence-electron chi connectivity index (χ4n) is 1.91. The summed E-state index contributed by atoms with van der Waals surface area (Å²) in [5.74, 6) is 0.882. The second-order valence-corrected chi connectivity index (χ2v) is 4.32. The van der Waals surface area contributed by atoms with E-state index in [2.05, 4.69) is 29.2 Å². The molecule has 0 radical (unpaired) electrons. The molecule has 1 fully saturated rings. The molecular weight excluding hydrogens is 162 g/mol. The third kappa shape index (κ3) is 4.07. The van der Waals surface area contributed by atoms with Gasteiger partial charge in [0.15, 0.2) is 0 Å². The van der Waals surface area contributed by atoms with Gasteiger partial charge in [0.05, 0.1) is 0 Å². The first kappa shape index (κ1) is 11.0. The summed E-state index contributed by atoms with van der Waals surface area (Å²) in [5.41, 5.74) is 0. The number of nitrogens with zero attached hydrogens (tertiary/aromatic N) is 2. The summed E-state index contributed by atoms with van der Waals surface area (Å²) < 4.78 is 0. The lowest BCUT2D eigenvalue weighted by Gasteiger charge is -2.18. The highest BCUT2D eigenvalue weighted by Crippen LogP contribution is 2.14. The van der Waals surface area contributed by atoms with E-state index in [4.69, 9.17) is 0 Å². The molecule has 3 nitrogen and oxygen atoms in total. The van der Waals surface area contributed by atoms with Crippen LogP contribution >= 0.6 is 0 Å². The van der Waals surface area contributed by atoms with E-state index < -0.39 is 0 Å². The maximum absolute atomic E-state index is 3.26. The number of likely N-dealkylation sites (tertiary alicyclic amines) is 1. The van der Waals surface area contributed by atoms with Crippen LogP contribution in [-0.2, 0) is 0 Å². The monoisotopic (exact) mass is 185 g/mol. The van der Waals surface area contributed by atoms with E-state index in [1.807, 2.05) is 7.05 Å². The summed E-state index contributed by atoms with van der Waals surface area (Å²) >= 11 is 0. The highest BCUT2D eigenvalue weighted by molar-refractivity contribution is 4.76. The van der Waals surface area contributed by atoms with Crippen LogP contribution in [0.4, 0.5) is 0 Å². The van der Waals surface area contributed by atoms with Crippen LogP contribution in [0.15, 0.2) is 0 Å². The average molecular weight is 185 g/mol. The first-order valence-electron chi connectivity index (χ1n) is 5.24. The Bertz CT molecular complexity index is 136. The maximum Gasteiger partial charge on any atom is 0.0109 e. The van der Waals surface area contributed by atoms with Gasteiger partial charge in [0.1, 0.15) is 0 Å². The van der Waals surface area contributed by atoms with Crippen molar-refractivity contribution in [2.45, 2.75) is 6.42 Å². The van der Waals surface area contributed by atoms with Crippen LogP contribution < -0.4 is 5.32 Å². The van der Waals surface area contributed by atoms with Crippen molar-refractivity contribution >= 4 is 0 Å². The zero-order chi connectivity index (χ0) is 9.68. The zero-order valence-corrected chi connectivity index (χ0v) is 9.21. The molecule has 0 aliphatic carbocycles. The van der Waals surface area contributed by atoms with E-state index in [0.717, 1.165) is 5.92 Å². The first-order chi connectivity index (χ1) is 6.22. The highest BCUT2D eigenvalue weighted by atomic mass is 15.2. The Kier molecular flexibility index (Phi) is 4.70. The first-order valence-corrected chi connectivity index (χ1v) is 5.24. The Hall–Kier alpha value is -0.120. The molecule has 0 spiro atoms. The van der Waals surface area contributed by atoms with E-state index in [9.17, 15) is 0 Å². The minimum Gasteiger partial charge on any atom is -0.319 e. The second kappa shape index (κ2) is 5.58. The number of likely N-dealkylation sites (N-methyl/N-ethyl adjacent to an activating group) is 1. The van der Waals surface area contributed by atoms with Crippen LogP contribution in [0.25, 0.3) is 0 Å². The van der Waals surface area contributed by atoms with Gasteiger partial charge in [0.2, 0.25) is 0 Å². The number of hydrogen-bond donors (Lipinski definition) is 1. The highest BCUT2D eigenvalue weighted by Gasteiger charge is 2.20. The molecule has 13 heavy (non-hydrogen) atoms. The minimum absolute atomic E-state index is 0.882. The molecule has 3 heteroatoms. The molecular formula is C10H23N3. The summed E-state index contributed by atoms with van der Waals surface area (Å²) in [5, 5.41) is 3.26. The molecule has 1 rings (SSSR count). The van der Waals surface area contributed by atoms with Gasteiger partial charge in [-0.15, -0.1) is 0 Å². The van der Waals surface area contributed by atoms with Crippen LogP contribution in [0.1, 0.15) is 6.42 Å². The normalized spacial score (nSPS) is 24.5. The Labute approximate surface area is 82.1 Å². The van der Waals surface area contributed by atoms with E-state index in [1.165, 1.54) is 39.1 Å². The lowest BCUT2D eigenvalue weighted by molar-refractivity contribution is 0.275. The van der Waals surface area contributed by atoms with Gasteiger partial charge in [-0.2, -0.15) is 0 Å². The standard InChI is InChI=1S/C10H23N3/c1-11-8-10-4-5-13(9-10)7-6-12(2)3/h10-11H,4-9H2,1-3H3. The molecule has 0 aromatic rings. The lowest BCUT2D eigenvalue weighted by Crippen LogP contribution is -2.31. The van der Waals surface area contributed by atoms with Crippen molar-refractivity contribution in [2.75, 3.05) is 53.9 Å². The molecule has 1 saturated heterocycles. The molecule has 0 saturated carbocycles. The van der Waals surface area contributed by atoms with Gasteiger partial charge in [-0.1, -0.05) is 0 Å². The summed E-state index contributed by atoms with van der Waals surface area (Å²) in [4.78, 5) is 4.83. The maximum atomic E-state index is 3.26. The summed E-state index contributed by atoms with van der Waals surface area (Å²) in [7, 11) is 6.32. The molecule has 0 aromatic carbocycles. The molecule has 1 atom stereocenters. The van der Waals surface area contributed by atoms with Crippen molar-refractivity contribution in [2.24, 2.45) is 5.92 Å². The van der Waals surface area contributed by atoms with E-state index >= 15 is 0 Å². The van der Waals surface area contributed by atoms with Crippen LogP contribution in [0.3, 0.4) is 0 Å². The zero-order valence-electron chi connectivity index (χ0n) is 9.21. The predicted octanol–water partition coefficient (Wildman–Crippen LogP) is 0.0893. The molecule has 1 heterocycles. The van der Waals surface area contributed by atoms with Crippen LogP contribution in [0.5, 0.6) is 0 Å². The minimum atomic E-state index is 0.882. The van der Waals surface area contributed by atoms with E-state index in [-0.39, 0.29) is 0 Å². The SMILES string of the molecule is CNCC1CCN(CCN(C)C)C1. The Morgan fingerprint density at radius 2 is 2.23 bits per heavy atom. The third-order valence-corrected chi connectivity index (χ3v) is 2.73. The van der Waals surface area contributed by atoms with Gasteiger partial charge in [-0.05, 0) is 46.6 Å². The molecule has 0 amide bonds. The van der Waals surface area contributed by atoms with Gasteiger partial charge in [-0.3, -0.25) is 0 Å². The summed E-state index contributed by atoms with van der Waals surface area (Å²) in [6, 6.07) is 0. The van der Waals surface area contributed by atoms with Crippen molar-refractivity contribution in [1.82, 2.24) is 15.1 Å². The summed E-state index contributed by atoms with van der Waals surface area (Å²) in [6.07, 6.45) is 1.37. The van der Waals surface area contributed by atoms with Crippen LogP contribution in [0, 0.1) is 5.92 Å². The van der Waals surface area contributed by atoms with Gasteiger partial charge < -0.3 is 15.1 Å². The smallest absolute Gasteiger partial charge is 0.0109 e. The quantitative estimate of drug-likeness (QED) is 0.655. The van der Waals surface area contributed by atoms with Crippen molar-refractivity contribution in [1.29, 1.82) is 0 Å². The van der Waals surface area contributed by atoms with Crippen molar-refractivity contribution in [3.05, 3.63) is 0 Å². The number of nitrogens with one attached hydrogen (secondary N) is 1. The third-order valence-electron chi connectivity index (χ3n) is 2.73. The number of rotatable bonds is 5. The summed E-state index contributed by atoms with van der Waals surface area (Å²) in [6.45, 7) is 6.17. The average Bonchev–Trinajstić information content (AvgIpc) is 2.50. The predicted molar refractivity (Wildman–Crippen MR) is 57.0 cm³/mol. The van der Waals surface area contributed by atoms with E-state index in [0.29, 0.717) is 0 Å². The van der Waals surface area contributed by atoms with Crippen molar-refractivity contribution in [3.8, 4) is 0 Å². The molecule has 1 N–H and O–H groups in total. The van der Waals surface area contributed by atoms with Gasteiger partial charge >= 0.3 is 0 Å². The molecule has 1 aliphatic heterocycles. The van der Waals surface area contributed by atoms with Crippen molar-refractivity contribution in [3.63, 3.8) is 0 Å². The number of hydrogen-bond acceptors (Lipinski definition) is 3. The lowest BCUT2D eigenvalue weighted by atomic mass is 10.1. The molecule has 78 valence electrons. The topological polar surface area (TPSA) is 18.5 Å². The fraction of sp³-hybridized carbons (Fsp3) is 1.00. The second-order valence-electron chi connectivity index (χ2n) is 4.32. The van der Waals surface area contributed by atoms with Crippen LogP contribution in [0.2, 0.25) is 0 Å². The van der Waals surface area contributed by atoms with Crippen molar-refractivity contribution < 1.29 is 0 Å². The fourth-order valence-corrected chi connectivity index (χ4v) is 1.91. The Morgan fingerprint density at radius 3 is 2.85 bits per heavy atom.